The van der Waals surface area contributed by atoms with Crippen molar-refractivity contribution in [2.45, 2.75) is 18.4 Å². The van der Waals surface area contributed by atoms with Crippen molar-refractivity contribution >= 4 is 22.1 Å². The molecule has 1 aromatic heterocycles. The van der Waals surface area contributed by atoms with Crippen molar-refractivity contribution in [3.63, 3.8) is 0 Å². The molecule has 3 rings (SSSR count). The molecule has 1 heterocycles. The number of carbonyl (C=O) groups excluding carboxylic acids is 1. The number of phenolic OH excluding ortho intramolecular Hbond substituents is 1. The second kappa shape index (κ2) is 8.72. The van der Waals surface area contributed by atoms with Crippen LogP contribution in [0.3, 0.4) is 0 Å². The summed E-state index contributed by atoms with van der Waals surface area (Å²) in [6, 6.07) is 15.9. The van der Waals surface area contributed by atoms with Crippen LogP contribution in [0.2, 0.25) is 0 Å². The fraction of sp³-hybridized carbons (Fsp3) is 0.100. The van der Waals surface area contributed by atoms with Gasteiger partial charge in [-0.1, -0.05) is 30.3 Å². The first-order valence-corrected chi connectivity index (χ1v) is 10.1. The summed E-state index contributed by atoms with van der Waals surface area (Å²) in [5.41, 5.74) is 2.79. The minimum absolute atomic E-state index is 0.0957. The van der Waals surface area contributed by atoms with Crippen molar-refractivity contribution in [2.75, 3.05) is 0 Å². The van der Waals surface area contributed by atoms with E-state index in [1.165, 1.54) is 12.3 Å². The van der Waals surface area contributed by atoms with Gasteiger partial charge < -0.3 is 9.52 Å². The molecule has 0 aliphatic rings. The summed E-state index contributed by atoms with van der Waals surface area (Å²) in [7, 11) is -3.89. The number of hydrogen-bond acceptors (Lipinski definition) is 6. The Labute approximate surface area is 167 Å². The van der Waals surface area contributed by atoms with E-state index in [0.29, 0.717) is 11.5 Å². The largest absolute Gasteiger partial charge is 0.507 e. The molecule has 2 aromatic carbocycles. The van der Waals surface area contributed by atoms with E-state index in [1.54, 1.807) is 43.3 Å². The molecule has 8 nitrogen and oxygen atoms in total. The lowest BCUT2D eigenvalue weighted by atomic mass is 10.2. The zero-order valence-electron chi connectivity index (χ0n) is 15.5. The van der Waals surface area contributed by atoms with Gasteiger partial charge in [-0.3, -0.25) is 4.79 Å². The van der Waals surface area contributed by atoms with E-state index >= 15 is 0 Å². The molecular formula is C20H19N3O5S. The molecule has 3 aromatic rings. The first kappa shape index (κ1) is 20.3. The Morgan fingerprint density at radius 1 is 1.14 bits per heavy atom. The van der Waals surface area contributed by atoms with Gasteiger partial charge in [0.1, 0.15) is 17.3 Å². The number of benzene rings is 2. The van der Waals surface area contributed by atoms with Gasteiger partial charge in [0, 0.05) is 6.54 Å². The summed E-state index contributed by atoms with van der Waals surface area (Å²) in [5, 5.41) is 13.7. The molecule has 0 atom stereocenters. The SMILES string of the molecule is Cc1ccc(/C=N\NC(=O)c2cc(S(=O)(=O)NCc3ccccc3)ccc2O)o1. The minimum Gasteiger partial charge on any atom is -0.507 e. The molecule has 150 valence electrons. The quantitative estimate of drug-likeness (QED) is 0.406. The molecule has 0 fully saturated rings. The number of amides is 1. The lowest BCUT2D eigenvalue weighted by molar-refractivity contribution is 0.0952. The highest BCUT2D eigenvalue weighted by atomic mass is 32.2. The van der Waals surface area contributed by atoms with Crippen LogP contribution in [0.15, 0.2) is 75.1 Å². The Balaban J connectivity index is 1.72. The Kier molecular flexibility index (Phi) is 6.10. The predicted molar refractivity (Wildman–Crippen MR) is 107 cm³/mol. The maximum atomic E-state index is 12.5. The van der Waals surface area contributed by atoms with Gasteiger partial charge >= 0.3 is 0 Å². The molecule has 0 aliphatic carbocycles. The van der Waals surface area contributed by atoms with Crippen molar-refractivity contribution in [3.05, 3.63) is 83.3 Å². The van der Waals surface area contributed by atoms with Gasteiger partial charge in [0.25, 0.3) is 5.91 Å². The number of aryl methyl sites for hydroxylation is 1. The van der Waals surface area contributed by atoms with Crippen molar-refractivity contribution in [3.8, 4) is 5.75 Å². The van der Waals surface area contributed by atoms with Gasteiger partial charge in [-0.25, -0.2) is 18.6 Å². The van der Waals surface area contributed by atoms with Crippen LogP contribution in [-0.2, 0) is 16.6 Å². The lowest BCUT2D eigenvalue weighted by Gasteiger charge is -2.09. The molecule has 0 unspecified atom stereocenters. The van der Waals surface area contributed by atoms with Gasteiger partial charge in [0.15, 0.2) is 0 Å². The number of nitrogens with one attached hydrogen (secondary N) is 2. The highest BCUT2D eigenvalue weighted by molar-refractivity contribution is 7.89. The van der Waals surface area contributed by atoms with E-state index < -0.39 is 15.9 Å². The maximum absolute atomic E-state index is 12.5. The average Bonchev–Trinajstić information content (AvgIpc) is 3.12. The molecule has 29 heavy (non-hydrogen) atoms. The third-order valence-corrected chi connectivity index (χ3v) is 5.35. The number of nitrogens with zero attached hydrogens (tertiary/aromatic N) is 1. The molecule has 0 saturated heterocycles. The van der Waals surface area contributed by atoms with Gasteiger partial charge in [0.05, 0.1) is 16.7 Å². The Hall–Kier alpha value is -3.43. The van der Waals surface area contributed by atoms with Crippen LogP contribution >= 0.6 is 0 Å². The van der Waals surface area contributed by atoms with Crippen LogP contribution in [-0.4, -0.2) is 25.6 Å². The Bertz CT molecular complexity index is 1140. The van der Waals surface area contributed by atoms with E-state index in [-0.39, 0.29) is 22.8 Å². The Morgan fingerprint density at radius 3 is 2.59 bits per heavy atom. The molecule has 0 radical (unpaired) electrons. The third kappa shape index (κ3) is 5.31. The monoisotopic (exact) mass is 413 g/mol. The number of furan rings is 1. The number of carbonyl (C=O) groups is 1. The number of aromatic hydroxyl groups is 1. The van der Waals surface area contributed by atoms with Crippen LogP contribution in [0.5, 0.6) is 5.75 Å². The summed E-state index contributed by atoms with van der Waals surface area (Å²) in [4.78, 5) is 12.1. The van der Waals surface area contributed by atoms with Crippen LogP contribution in [0.4, 0.5) is 0 Å². The van der Waals surface area contributed by atoms with Gasteiger partial charge in [0.2, 0.25) is 10.0 Å². The van der Waals surface area contributed by atoms with E-state index in [0.717, 1.165) is 17.7 Å². The number of hydrogen-bond donors (Lipinski definition) is 3. The molecule has 0 spiro atoms. The predicted octanol–water partition coefficient (Wildman–Crippen LogP) is 2.54. The van der Waals surface area contributed by atoms with E-state index in [4.69, 9.17) is 4.42 Å². The Morgan fingerprint density at radius 2 is 1.90 bits per heavy atom. The first-order chi connectivity index (χ1) is 13.8. The fourth-order valence-corrected chi connectivity index (χ4v) is 3.50. The molecular weight excluding hydrogens is 394 g/mol. The number of sulfonamides is 1. The smallest absolute Gasteiger partial charge is 0.275 e. The highest BCUT2D eigenvalue weighted by Crippen LogP contribution is 2.21. The number of rotatable bonds is 7. The van der Waals surface area contributed by atoms with Gasteiger partial charge in [-0.05, 0) is 42.8 Å². The molecule has 9 heteroatoms. The number of phenols is 1. The summed E-state index contributed by atoms with van der Waals surface area (Å²) >= 11 is 0. The second-order valence-electron chi connectivity index (χ2n) is 6.14. The fourth-order valence-electron chi connectivity index (χ4n) is 2.46. The van der Waals surface area contributed by atoms with E-state index in [9.17, 15) is 18.3 Å². The zero-order chi connectivity index (χ0) is 20.9. The highest BCUT2D eigenvalue weighted by Gasteiger charge is 2.19. The van der Waals surface area contributed by atoms with Crippen LogP contribution in [0, 0.1) is 6.92 Å². The maximum Gasteiger partial charge on any atom is 0.275 e. The molecule has 0 aliphatic heterocycles. The van der Waals surface area contributed by atoms with Crippen LogP contribution in [0.1, 0.15) is 27.4 Å². The summed E-state index contributed by atoms with van der Waals surface area (Å²) in [6.07, 6.45) is 1.30. The standard InChI is InChI=1S/C20H19N3O5S/c1-14-7-8-16(28-14)13-21-23-20(25)18-11-17(9-10-19(18)24)29(26,27)22-12-15-5-3-2-4-6-15/h2-11,13,22,24H,12H2,1H3,(H,23,25)/b21-13-. The van der Waals surface area contributed by atoms with Crippen molar-refractivity contribution < 1.29 is 22.7 Å². The molecule has 1 amide bonds. The van der Waals surface area contributed by atoms with E-state index in [2.05, 4.69) is 15.2 Å². The summed E-state index contributed by atoms with van der Waals surface area (Å²) in [6.45, 7) is 1.87. The van der Waals surface area contributed by atoms with E-state index in [1.807, 2.05) is 6.07 Å². The minimum atomic E-state index is -3.89. The normalized spacial score (nSPS) is 11.6. The van der Waals surface area contributed by atoms with Crippen molar-refractivity contribution in [2.24, 2.45) is 5.10 Å². The topological polar surface area (TPSA) is 121 Å². The summed E-state index contributed by atoms with van der Waals surface area (Å²) in [5.74, 6) is 0.000448. The molecule has 3 N–H and O–H groups in total. The number of hydrazone groups is 1. The first-order valence-electron chi connectivity index (χ1n) is 8.61. The second-order valence-corrected chi connectivity index (χ2v) is 7.90. The van der Waals surface area contributed by atoms with Crippen molar-refractivity contribution in [1.82, 2.24) is 10.1 Å². The van der Waals surface area contributed by atoms with Gasteiger partial charge in [-0.2, -0.15) is 5.10 Å². The van der Waals surface area contributed by atoms with Gasteiger partial charge in [-0.15, -0.1) is 0 Å². The van der Waals surface area contributed by atoms with Crippen molar-refractivity contribution in [1.29, 1.82) is 0 Å². The summed E-state index contributed by atoms with van der Waals surface area (Å²) < 4.78 is 32.8. The average molecular weight is 413 g/mol. The molecule has 0 bridgehead atoms. The third-order valence-electron chi connectivity index (χ3n) is 3.95. The molecule has 0 saturated carbocycles. The zero-order valence-corrected chi connectivity index (χ0v) is 16.3. The van der Waals surface area contributed by atoms with Crippen LogP contribution in [0.25, 0.3) is 0 Å². The lowest BCUT2D eigenvalue weighted by Crippen LogP contribution is -2.24. The van der Waals surface area contributed by atoms with Crippen LogP contribution < -0.4 is 10.1 Å².